The maximum atomic E-state index is 12.8. The molecular weight excluding hydrogens is 189 g/mol. The molecule has 0 bridgehead atoms. The van der Waals surface area contributed by atoms with Gasteiger partial charge in [-0.2, -0.15) is 0 Å². The van der Waals surface area contributed by atoms with Crippen LogP contribution in [-0.2, 0) is 6.54 Å². The lowest BCUT2D eigenvalue weighted by Crippen LogP contribution is -2.14. The Labute approximate surface area is 90.7 Å². The summed E-state index contributed by atoms with van der Waals surface area (Å²) in [5, 5.41) is 3.25. The van der Waals surface area contributed by atoms with Gasteiger partial charge < -0.3 is 5.32 Å². The second-order valence-corrected chi connectivity index (χ2v) is 3.47. The molecule has 80 valence electrons. The molecule has 1 nitrogen and oxygen atoms in total. The van der Waals surface area contributed by atoms with Crippen molar-refractivity contribution in [2.75, 3.05) is 6.54 Å². The van der Waals surface area contributed by atoms with Gasteiger partial charge >= 0.3 is 0 Å². The molecule has 0 amide bonds. The molecule has 0 spiro atoms. The van der Waals surface area contributed by atoms with E-state index < -0.39 is 0 Å². The Balaban J connectivity index is 2.13. The zero-order valence-corrected chi connectivity index (χ0v) is 8.80. The minimum absolute atomic E-state index is 0.179. The smallest absolute Gasteiger partial charge is 0.123 e. The zero-order chi connectivity index (χ0) is 10.9. The van der Waals surface area contributed by atoms with Gasteiger partial charge in [0.15, 0.2) is 0 Å². The van der Waals surface area contributed by atoms with Gasteiger partial charge in [-0.25, -0.2) is 4.39 Å². The molecule has 0 radical (unpaired) electrons. The molecule has 1 rings (SSSR count). The van der Waals surface area contributed by atoms with E-state index in [1.807, 2.05) is 6.07 Å². The summed E-state index contributed by atoms with van der Waals surface area (Å²) in [6.45, 7) is 1.64. The molecular formula is C13H16FN. The number of benzene rings is 1. The van der Waals surface area contributed by atoms with E-state index >= 15 is 0 Å². The molecule has 0 aliphatic rings. The molecule has 1 N–H and O–H groups in total. The molecule has 1 aromatic carbocycles. The number of unbranched alkanes of at least 4 members (excludes halogenated alkanes) is 2. The standard InChI is InChI=1S/C13H16FN/c1-2-3-4-5-9-15-11-12-7-6-8-13(14)10-12/h1,6-8,10,15H,3-5,9,11H2. The Hall–Kier alpha value is -1.33. The summed E-state index contributed by atoms with van der Waals surface area (Å²) < 4.78 is 12.8. The molecule has 0 unspecified atom stereocenters. The summed E-state index contributed by atoms with van der Waals surface area (Å²) in [6, 6.07) is 6.65. The topological polar surface area (TPSA) is 12.0 Å². The molecule has 0 fully saturated rings. The van der Waals surface area contributed by atoms with Gasteiger partial charge in [-0.15, -0.1) is 12.3 Å². The fourth-order valence-electron chi connectivity index (χ4n) is 1.36. The second kappa shape index (κ2) is 7.03. The Morgan fingerprint density at radius 2 is 2.20 bits per heavy atom. The van der Waals surface area contributed by atoms with Crippen LogP contribution in [0, 0.1) is 18.2 Å². The van der Waals surface area contributed by atoms with E-state index in [4.69, 9.17) is 6.42 Å². The summed E-state index contributed by atoms with van der Waals surface area (Å²) in [4.78, 5) is 0. The Kier molecular flexibility index (Phi) is 5.50. The summed E-state index contributed by atoms with van der Waals surface area (Å²) in [5.74, 6) is 2.43. The normalized spacial score (nSPS) is 9.87. The third-order valence-corrected chi connectivity index (χ3v) is 2.14. The second-order valence-electron chi connectivity index (χ2n) is 3.47. The Morgan fingerprint density at radius 1 is 1.33 bits per heavy atom. The van der Waals surface area contributed by atoms with Crippen LogP contribution in [0.4, 0.5) is 4.39 Å². The molecule has 0 atom stereocenters. The maximum absolute atomic E-state index is 12.8. The van der Waals surface area contributed by atoms with Gasteiger partial charge in [-0.3, -0.25) is 0 Å². The number of rotatable bonds is 6. The zero-order valence-electron chi connectivity index (χ0n) is 8.80. The lowest BCUT2D eigenvalue weighted by Gasteiger charge is -2.03. The predicted octanol–water partition coefficient (Wildman–Crippen LogP) is 2.72. The minimum Gasteiger partial charge on any atom is -0.313 e. The first-order valence-electron chi connectivity index (χ1n) is 5.21. The van der Waals surface area contributed by atoms with E-state index in [0.717, 1.165) is 31.4 Å². The molecule has 0 saturated heterocycles. The molecule has 1 aromatic rings. The third kappa shape index (κ3) is 5.19. The van der Waals surface area contributed by atoms with Gasteiger partial charge in [-0.05, 0) is 37.1 Å². The molecule has 0 aromatic heterocycles. The van der Waals surface area contributed by atoms with Gasteiger partial charge in [0.05, 0.1) is 0 Å². The fourth-order valence-corrected chi connectivity index (χ4v) is 1.36. The highest BCUT2D eigenvalue weighted by Gasteiger charge is 1.94. The van der Waals surface area contributed by atoms with Crippen LogP contribution >= 0.6 is 0 Å². The highest BCUT2D eigenvalue weighted by molar-refractivity contribution is 5.15. The first-order valence-corrected chi connectivity index (χ1v) is 5.21. The van der Waals surface area contributed by atoms with Gasteiger partial charge in [0.1, 0.15) is 5.82 Å². The Morgan fingerprint density at radius 3 is 2.93 bits per heavy atom. The van der Waals surface area contributed by atoms with Crippen molar-refractivity contribution < 1.29 is 4.39 Å². The predicted molar refractivity (Wildman–Crippen MR) is 60.8 cm³/mol. The highest BCUT2D eigenvalue weighted by atomic mass is 19.1. The van der Waals surface area contributed by atoms with Crippen LogP contribution in [0.15, 0.2) is 24.3 Å². The lowest BCUT2D eigenvalue weighted by molar-refractivity contribution is 0.610. The van der Waals surface area contributed by atoms with E-state index in [-0.39, 0.29) is 5.82 Å². The van der Waals surface area contributed by atoms with Gasteiger partial charge in [0.25, 0.3) is 0 Å². The maximum Gasteiger partial charge on any atom is 0.123 e. The average molecular weight is 205 g/mol. The number of nitrogens with one attached hydrogen (secondary N) is 1. The molecule has 2 heteroatoms. The van der Waals surface area contributed by atoms with Crippen LogP contribution in [0.5, 0.6) is 0 Å². The number of halogens is 1. The van der Waals surface area contributed by atoms with Crippen molar-refractivity contribution in [3.8, 4) is 12.3 Å². The lowest BCUT2D eigenvalue weighted by atomic mass is 10.2. The number of terminal acetylenes is 1. The molecule has 0 heterocycles. The average Bonchev–Trinajstić information content (AvgIpc) is 2.23. The largest absolute Gasteiger partial charge is 0.313 e. The summed E-state index contributed by atoms with van der Waals surface area (Å²) in [5.41, 5.74) is 0.979. The first-order chi connectivity index (χ1) is 7.33. The van der Waals surface area contributed by atoms with Gasteiger partial charge in [-0.1, -0.05) is 12.1 Å². The summed E-state index contributed by atoms with van der Waals surface area (Å²) in [6.07, 6.45) is 8.09. The van der Waals surface area contributed by atoms with Gasteiger partial charge in [0.2, 0.25) is 0 Å². The van der Waals surface area contributed by atoms with Crippen LogP contribution in [0.1, 0.15) is 24.8 Å². The molecule has 15 heavy (non-hydrogen) atoms. The molecule has 0 aliphatic carbocycles. The first kappa shape index (κ1) is 11.7. The van der Waals surface area contributed by atoms with Crippen LogP contribution in [0.3, 0.4) is 0 Å². The van der Waals surface area contributed by atoms with Crippen molar-refractivity contribution >= 4 is 0 Å². The monoisotopic (exact) mass is 205 g/mol. The SMILES string of the molecule is C#CCCCCNCc1cccc(F)c1. The van der Waals surface area contributed by atoms with Crippen LogP contribution in [-0.4, -0.2) is 6.54 Å². The van der Waals surface area contributed by atoms with Crippen molar-refractivity contribution in [2.24, 2.45) is 0 Å². The van der Waals surface area contributed by atoms with Gasteiger partial charge in [0, 0.05) is 13.0 Å². The molecule has 0 aliphatic heterocycles. The quantitative estimate of drug-likeness (QED) is 0.556. The Bertz CT molecular complexity index is 328. The summed E-state index contributed by atoms with van der Waals surface area (Å²) >= 11 is 0. The van der Waals surface area contributed by atoms with E-state index in [9.17, 15) is 4.39 Å². The minimum atomic E-state index is -0.179. The number of hydrogen-bond donors (Lipinski definition) is 1. The van der Waals surface area contributed by atoms with E-state index in [1.165, 1.54) is 6.07 Å². The molecule has 0 saturated carbocycles. The highest BCUT2D eigenvalue weighted by Crippen LogP contribution is 2.02. The number of hydrogen-bond acceptors (Lipinski definition) is 1. The van der Waals surface area contributed by atoms with Crippen LogP contribution in [0.2, 0.25) is 0 Å². The van der Waals surface area contributed by atoms with Crippen molar-refractivity contribution in [3.05, 3.63) is 35.6 Å². The van der Waals surface area contributed by atoms with Crippen molar-refractivity contribution in [1.29, 1.82) is 0 Å². The van der Waals surface area contributed by atoms with Crippen LogP contribution < -0.4 is 5.32 Å². The van der Waals surface area contributed by atoms with E-state index in [2.05, 4.69) is 11.2 Å². The van der Waals surface area contributed by atoms with Crippen LogP contribution in [0.25, 0.3) is 0 Å². The van der Waals surface area contributed by atoms with E-state index in [0.29, 0.717) is 6.54 Å². The van der Waals surface area contributed by atoms with Crippen molar-refractivity contribution in [1.82, 2.24) is 5.32 Å². The van der Waals surface area contributed by atoms with Crippen molar-refractivity contribution in [2.45, 2.75) is 25.8 Å². The third-order valence-electron chi connectivity index (χ3n) is 2.14. The summed E-state index contributed by atoms with van der Waals surface area (Å²) in [7, 11) is 0. The van der Waals surface area contributed by atoms with Crippen molar-refractivity contribution in [3.63, 3.8) is 0 Å². The van der Waals surface area contributed by atoms with E-state index in [1.54, 1.807) is 12.1 Å². The fraction of sp³-hybridized carbons (Fsp3) is 0.385.